The topological polar surface area (TPSA) is 15.3 Å². The minimum absolute atomic E-state index is 0.675. The molecule has 1 N–H and O–H groups in total. The lowest BCUT2D eigenvalue weighted by Gasteiger charge is -2.21. The van der Waals surface area contributed by atoms with Crippen molar-refractivity contribution in [1.82, 2.24) is 10.2 Å². The van der Waals surface area contributed by atoms with E-state index in [2.05, 4.69) is 38.0 Å². The van der Waals surface area contributed by atoms with E-state index < -0.39 is 0 Å². The highest BCUT2D eigenvalue weighted by atomic mass is 15.1. The lowest BCUT2D eigenvalue weighted by molar-refractivity contribution is 0.267. The van der Waals surface area contributed by atoms with Crippen molar-refractivity contribution in [2.24, 2.45) is 5.92 Å². The second-order valence-electron chi connectivity index (χ2n) is 5.46. The molecule has 2 nitrogen and oxygen atoms in total. The molecule has 0 spiro atoms. The molecule has 1 saturated carbocycles. The van der Waals surface area contributed by atoms with Crippen LogP contribution in [0.3, 0.4) is 0 Å². The Balaban J connectivity index is 1.91. The number of rotatable bonds is 8. The van der Waals surface area contributed by atoms with Gasteiger partial charge in [0.1, 0.15) is 0 Å². The van der Waals surface area contributed by atoms with Gasteiger partial charge in [0.25, 0.3) is 0 Å². The lowest BCUT2D eigenvalue weighted by Crippen LogP contribution is -2.32. The third-order valence-corrected chi connectivity index (χ3v) is 3.45. The molecule has 0 saturated heterocycles. The molecular weight excluding hydrogens is 184 g/mol. The van der Waals surface area contributed by atoms with Crippen molar-refractivity contribution in [2.75, 3.05) is 20.1 Å². The van der Waals surface area contributed by atoms with Gasteiger partial charge in [0.15, 0.2) is 0 Å². The van der Waals surface area contributed by atoms with Crippen LogP contribution < -0.4 is 5.32 Å². The van der Waals surface area contributed by atoms with E-state index in [4.69, 9.17) is 0 Å². The summed E-state index contributed by atoms with van der Waals surface area (Å²) < 4.78 is 0. The maximum absolute atomic E-state index is 3.62. The molecule has 0 radical (unpaired) electrons. The van der Waals surface area contributed by atoms with Crippen LogP contribution in [-0.4, -0.2) is 37.1 Å². The molecule has 1 rings (SSSR count). The molecule has 0 heterocycles. The van der Waals surface area contributed by atoms with Gasteiger partial charge in [-0.1, -0.05) is 12.8 Å². The first-order chi connectivity index (χ1) is 7.09. The van der Waals surface area contributed by atoms with Crippen molar-refractivity contribution in [3.05, 3.63) is 0 Å². The third-order valence-electron chi connectivity index (χ3n) is 3.45. The number of nitrogens with zero attached hydrogens (tertiary/aromatic N) is 1. The molecular formula is C13H28N2. The molecule has 1 aliphatic carbocycles. The van der Waals surface area contributed by atoms with Crippen molar-refractivity contribution < 1.29 is 0 Å². The predicted octanol–water partition coefficient (Wildman–Crippen LogP) is 2.49. The van der Waals surface area contributed by atoms with Gasteiger partial charge < -0.3 is 10.2 Å². The lowest BCUT2D eigenvalue weighted by atomic mass is 10.1. The Morgan fingerprint density at radius 3 is 2.47 bits per heavy atom. The molecule has 15 heavy (non-hydrogen) atoms. The zero-order valence-electron chi connectivity index (χ0n) is 10.9. The summed E-state index contributed by atoms with van der Waals surface area (Å²) in [6, 6.07) is 1.40. The fourth-order valence-corrected chi connectivity index (χ4v) is 1.87. The number of hydrogen-bond donors (Lipinski definition) is 1. The van der Waals surface area contributed by atoms with Crippen molar-refractivity contribution in [3.63, 3.8) is 0 Å². The van der Waals surface area contributed by atoms with Gasteiger partial charge in [-0.3, -0.25) is 0 Å². The van der Waals surface area contributed by atoms with Crippen molar-refractivity contribution in [2.45, 2.75) is 58.5 Å². The van der Waals surface area contributed by atoms with Crippen LogP contribution in [0.4, 0.5) is 0 Å². The minimum atomic E-state index is 0.675. The van der Waals surface area contributed by atoms with E-state index in [1.165, 1.54) is 38.8 Å². The van der Waals surface area contributed by atoms with Crippen LogP contribution in [0.5, 0.6) is 0 Å². The van der Waals surface area contributed by atoms with E-state index in [9.17, 15) is 0 Å². The molecule has 1 aliphatic rings. The van der Waals surface area contributed by atoms with Gasteiger partial charge in [0, 0.05) is 12.1 Å². The highest BCUT2D eigenvalue weighted by Gasteiger charge is 2.22. The maximum Gasteiger partial charge on any atom is 0.00413 e. The van der Waals surface area contributed by atoms with E-state index in [0.29, 0.717) is 6.04 Å². The van der Waals surface area contributed by atoms with Crippen LogP contribution in [0.15, 0.2) is 0 Å². The van der Waals surface area contributed by atoms with E-state index in [1.807, 2.05) is 0 Å². The van der Waals surface area contributed by atoms with Crippen LogP contribution in [0, 0.1) is 5.92 Å². The standard InChI is InChI=1S/C13H28N2/c1-11(2)15(4)9-5-8-14-12(3)10-13-6-7-13/h11-14H,5-10H2,1-4H3. The van der Waals surface area contributed by atoms with Crippen LogP contribution >= 0.6 is 0 Å². The molecule has 0 amide bonds. The first kappa shape index (κ1) is 13.0. The summed E-state index contributed by atoms with van der Waals surface area (Å²) in [6.45, 7) is 9.21. The Morgan fingerprint density at radius 2 is 1.93 bits per heavy atom. The van der Waals surface area contributed by atoms with Crippen molar-refractivity contribution >= 4 is 0 Å². The van der Waals surface area contributed by atoms with Gasteiger partial charge in [-0.2, -0.15) is 0 Å². The predicted molar refractivity (Wildman–Crippen MR) is 67.2 cm³/mol. The van der Waals surface area contributed by atoms with Gasteiger partial charge in [-0.15, -0.1) is 0 Å². The normalized spacial score (nSPS) is 18.8. The summed E-state index contributed by atoms with van der Waals surface area (Å²) in [6.07, 6.45) is 5.61. The quantitative estimate of drug-likeness (QED) is 0.622. The van der Waals surface area contributed by atoms with Crippen LogP contribution in [-0.2, 0) is 0 Å². The number of nitrogens with one attached hydrogen (secondary N) is 1. The zero-order chi connectivity index (χ0) is 11.3. The Kier molecular flexibility index (Phi) is 5.62. The van der Waals surface area contributed by atoms with E-state index in [1.54, 1.807) is 0 Å². The molecule has 0 bridgehead atoms. The van der Waals surface area contributed by atoms with E-state index in [-0.39, 0.29) is 0 Å². The van der Waals surface area contributed by atoms with Crippen LogP contribution in [0.1, 0.15) is 46.5 Å². The second kappa shape index (κ2) is 6.49. The van der Waals surface area contributed by atoms with Crippen LogP contribution in [0.2, 0.25) is 0 Å². The van der Waals surface area contributed by atoms with Gasteiger partial charge in [-0.05, 0) is 59.7 Å². The second-order valence-corrected chi connectivity index (χ2v) is 5.46. The molecule has 90 valence electrons. The maximum atomic E-state index is 3.62. The average Bonchev–Trinajstić information content (AvgIpc) is 2.95. The van der Waals surface area contributed by atoms with Gasteiger partial charge in [-0.25, -0.2) is 0 Å². The smallest absolute Gasteiger partial charge is 0.00413 e. The summed E-state index contributed by atoms with van der Waals surface area (Å²) >= 11 is 0. The Hall–Kier alpha value is -0.0800. The van der Waals surface area contributed by atoms with Crippen LogP contribution in [0.25, 0.3) is 0 Å². The molecule has 0 aromatic carbocycles. The molecule has 1 unspecified atom stereocenters. The third kappa shape index (κ3) is 6.16. The Labute approximate surface area is 95.4 Å². The highest BCUT2D eigenvalue weighted by molar-refractivity contribution is 4.77. The average molecular weight is 212 g/mol. The fraction of sp³-hybridized carbons (Fsp3) is 1.00. The number of hydrogen-bond acceptors (Lipinski definition) is 2. The zero-order valence-corrected chi connectivity index (χ0v) is 10.9. The van der Waals surface area contributed by atoms with Crippen molar-refractivity contribution in [1.29, 1.82) is 0 Å². The molecule has 0 aliphatic heterocycles. The monoisotopic (exact) mass is 212 g/mol. The summed E-state index contributed by atoms with van der Waals surface area (Å²) in [4.78, 5) is 2.41. The minimum Gasteiger partial charge on any atom is -0.314 e. The summed E-state index contributed by atoms with van der Waals surface area (Å²) in [5.41, 5.74) is 0. The molecule has 0 aromatic heterocycles. The Morgan fingerprint density at radius 1 is 1.27 bits per heavy atom. The molecule has 0 aromatic rings. The van der Waals surface area contributed by atoms with Crippen molar-refractivity contribution in [3.8, 4) is 0 Å². The van der Waals surface area contributed by atoms with Gasteiger partial charge in [0.05, 0.1) is 0 Å². The summed E-state index contributed by atoms with van der Waals surface area (Å²) in [5.74, 6) is 1.05. The molecule has 1 atom stereocenters. The molecule has 2 heteroatoms. The van der Waals surface area contributed by atoms with Gasteiger partial charge >= 0.3 is 0 Å². The first-order valence-electron chi connectivity index (χ1n) is 6.53. The van der Waals surface area contributed by atoms with E-state index >= 15 is 0 Å². The largest absolute Gasteiger partial charge is 0.314 e. The highest BCUT2D eigenvalue weighted by Crippen LogP contribution is 2.33. The SMILES string of the molecule is CC(CC1CC1)NCCCN(C)C(C)C. The fourth-order valence-electron chi connectivity index (χ4n) is 1.87. The van der Waals surface area contributed by atoms with Gasteiger partial charge in [0.2, 0.25) is 0 Å². The first-order valence-corrected chi connectivity index (χ1v) is 6.53. The molecule has 1 fully saturated rings. The summed E-state index contributed by atoms with van der Waals surface area (Å²) in [7, 11) is 2.21. The Bertz CT molecular complexity index is 164. The summed E-state index contributed by atoms with van der Waals surface area (Å²) in [5, 5.41) is 3.62. The van der Waals surface area contributed by atoms with E-state index in [0.717, 1.165) is 12.0 Å².